The lowest BCUT2D eigenvalue weighted by molar-refractivity contribution is 0.476. The van der Waals surface area contributed by atoms with Gasteiger partial charge in [-0.15, -0.1) is 11.3 Å². The maximum Gasteiger partial charge on any atom is 0.203 e. The Morgan fingerprint density at radius 1 is 1.67 bits per heavy atom. The van der Waals surface area contributed by atoms with Crippen molar-refractivity contribution in [2.24, 2.45) is 0 Å². The fraction of sp³-hybridized carbons (Fsp3) is 0.300. The second kappa shape index (κ2) is 3.35. The van der Waals surface area contributed by atoms with E-state index in [0.29, 0.717) is 0 Å². The number of nitrogens with zero attached hydrogens (tertiary/aromatic N) is 2. The molecule has 0 saturated heterocycles. The number of thiophene rings is 1. The van der Waals surface area contributed by atoms with Crippen molar-refractivity contribution in [3.05, 3.63) is 33.8 Å². The van der Waals surface area contributed by atoms with E-state index in [1.807, 2.05) is 0 Å². The Bertz CT molecular complexity index is 480. The van der Waals surface area contributed by atoms with E-state index in [2.05, 4.69) is 38.9 Å². The molecule has 0 bridgehead atoms. The van der Waals surface area contributed by atoms with E-state index in [-0.39, 0.29) is 5.92 Å². The zero-order chi connectivity index (χ0) is 10.4. The lowest BCUT2D eigenvalue weighted by Crippen LogP contribution is -2.15. The van der Waals surface area contributed by atoms with Crippen LogP contribution < -0.4 is 4.90 Å². The molecule has 15 heavy (non-hydrogen) atoms. The van der Waals surface area contributed by atoms with Crippen molar-refractivity contribution in [1.82, 2.24) is 4.98 Å². The first-order valence-electron chi connectivity index (χ1n) is 4.65. The largest absolute Gasteiger partial charge is 0.448 e. The summed E-state index contributed by atoms with van der Waals surface area (Å²) < 4.78 is 6.55. The summed E-state index contributed by atoms with van der Waals surface area (Å²) in [6, 6.07) is 2.17. The Balaban J connectivity index is 2.08. The van der Waals surface area contributed by atoms with Gasteiger partial charge in [0.05, 0.1) is 20.9 Å². The maximum absolute atomic E-state index is 5.38. The van der Waals surface area contributed by atoms with Crippen LogP contribution in [0.25, 0.3) is 0 Å². The third-order valence-electron chi connectivity index (χ3n) is 2.64. The number of aromatic nitrogens is 1. The van der Waals surface area contributed by atoms with E-state index < -0.39 is 0 Å². The van der Waals surface area contributed by atoms with E-state index in [1.165, 1.54) is 10.6 Å². The van der Waals surface area contributed by atoms with Crippen LogP contribution in [0, 0.1) is 0 Å². The fourth-order valence-corrected chi connectivity index (χ4v) is 3.61. The summed E-state index contributed by atoms with van der Waals surface area (Å²) in [6.45, 7) is 0.953. The second-order valence-corrected chi connectivity index (χ2v) is 6.02. The summed E-state index contributed by atoms with van der Waals surface area (Å²) in [4.78, 5) is 6.49. The number of likely N-dealkylation sites (N-methyl/N-ethyl adjacent to an activating group) is 1. The molecule has 2 aromatic heterocycles. The van der Waals surface area contributed by atoms with Crippen LogP contribution in [0.1, 0.15) is 17.4 Å². The van der Waals surface area contributed by atoms with E-state index in [1.54, 1.807) is 23.8 Å². The molecule has 3 rings (SSSR count). The molecule has 0 saturated carbocycles. The van der Waals surface area contributed by atoms with E-state index in [9.17, 15) is 0 Å². The normalized spacial score (nSPS) is 19.6. The van der Waals surface area contributed by atoms with Gasteiger partial charge >= 0.3 is 0 Å². The molecule has 78 valence electrons. The SMILES string of the molecule is CN1CC(c2ncco2)c2cc(Br)sc21. The van der Waals surface area contributed by atoms with Crippen LogP contribution in [0.15, 0.2) is 26.7 Å². The lowest BCUT2D eigenvalue weighted by Gasteiger charge is -2.10. The van der Waals surface area contributed by atoms with Gasteiger partial charge in [0.15, 0.2) is 0 Å². The van der Waals surface area contributed by atoms with Crippen LogP contribution in [0.2, 0.25) is 0 Å². The molecule has 0 radical (unpaired) electrons. The molecular weight excluding hydrogens is 276 g/mol. The number of halogens is 1. The second-order valence-electron chi connectivity index (χ2n) is 3.61. The first-order chi connectivity index (χ1) is 7.25. The minimum absolute atomic E-state index is 0.280. The Morgan fingerprint density at radius 3 is 3.27 bits per heavy atom. The fourth-order valence-electron chi connectivity index (χ4n) is 1.99. The first-order valence-corrected chi connectivity index (χ1v) is 6.26. The highest BCUT2D eigenvalue weighted by molar-refractivity contribution is 9.11. The number of rotatable bonds is 1. The van der Waals surface area contributed by atoms with Crippen molar-refractivity contribution in [2.45, 2.75) is 5.92 Å². The molecule has 0 amide bonds. The first kappa shape index (κ1) is 9.42. The summed E-state index contributed by atoms with van der Waals surface area (Å²) in [5.41, 5.74) is 1.32. The number of hydrogen-bond acceptors (Lipinski definition) is 4. The van der Waals surface area contributed by atoms with Gasteiger partial charge in [-0.25, -0.2) is 4.98 Å². The highest BCUT2D eigenvalue weighted by Crippen LogP contribution is 2.45. The Kier molecular flexibility index (Phi) is 2.10. The molecule has 1 aliphatic heterocycles. The van der Waals surface area contributed by atoms with Crippen LogP contribution in [0.3, 0.4) is 0 Å². The third-order valence-corrected chi connectivity index (χ3v) is 4.41. The van der Waals surface area contributed by atoms with Gasteiger partial charge < -0.3 is 9.32 Å². The molecule has 3 heterocycles. The van der Waals surface area contributed by atoms with Crippen LogP contribution >= 0.6 is 27.3 Å². The quantitative estimate of drug-likeness (QED) is 0.806. The average molecular weight is 285 g/mol. The van der Waals surface area contributed by atoms with E-state index in [4.69, 9.17) is 4.42 Å². The molecule has 5 heteroatoms. The van der Waals surface area contributed by atoms with Gasteiger partial charge in [0.1, 0.15) is 6.26 Å². The summed E-state index contributed by atoms with van der Waals surface area (Å²) in [6.07, 6.45) is 3.34. The molecule has 0 aliphatic carbocycles. The Labute approximate surface area is 99.9 Å². The highest BCUT2D eigenvalue weighted by atomic mass is 79.9. The molecular formula is C10H9BrN2OS. The maximum atomic E-state index is 5.38. The molecule has 0 fully saturated rings. The minimum atomic E-state index is 0.280. The topological polar surface area (TPSA) is 29.3 Å². The monoisotopic (exact) mass is 284 g/mol. The summed E-state index contributed by atoms with van der Waals surface area (Å²) in [7, 11) is 2.10. The minimum Gasteiger partial charge on any atom is -0.448 e. The molecule has 1 aliphatic rings. The molecule has 0 aromatic carbocycles. The molecule has 0 spiro atoms. The van der Waals surface area contributed by atoms with Crippen molar-refractivity contribution >= 4 is 32.3 Å². The van der Waals surface area contributed by atoms with Gasteiger partial charge in [-0.2, -0.15) is 0 Å². The summed E-state index contributed by atoms with van der Waals surface area (Å²) >= 11 is 5.28. The van der Waals surface area contributed by atoms with Crippen molar-refractivity contribution in [1.29, 1.82) is 0 Å². The highest BCUT2D eigenvalue weighted by Gasteiger charge is 2.32. The van der Waals surface area contributed by atoms with Gasteiger partial charge in [0, 0.05) is 19.2 Å². The molecule has 1 atom stereocenters. The smallest absolute Gasteiger partial charge is 0.203 e. The van der Waals surface area contributed by atoms with Crippen LogP contribution in [-0.4, -0.2) is 18.6 Å². The van der Waals surface area contributed by atoms with Gasteiger partial charge in [-0.05, 0) is 22.0 Å². The number of oxazole rings is 1. The third kappa shape index (κ3) is 1.41. The zero-order valence-electron chi connectivity index (χ0n) is 8.11. The predicted molar refractivity (Wildman–Crippen MR) is 63.6 cm³/mol. The van der Waals surface area contributed by atoms with Gasteiger partial charge in [-0.1, -0.05) is 0 Å². The summed E-state index contributed by atoms with van der Waals surface area (Å²) in [5.74, 6) is 1.09. The zero-order valence-corrected chi connectivity index (χ0v) is 10.5. The molecule has 3 nitrogen and oxygen atoms in total. The average Bonchev–Trinajstić information content (AvgIpc) is 2.85. The number of hydrogen-bond donors (Lipinski definition) is 0. The Morgan fingerprint density at radius 2 is 2.53 bits per heavy atom. The molecule has 0 N–H and O–H groups in total. The van der Waals surface area contributed by atoms with Crippen molar-refractivity contribution in [2.75, 3.05) is 18.5 Å². The van der Waals surface area contributed by atoms with Gasteiger partial charge in [0.25, 0.3) is 0 Å². The standard InChI is InChI=1S/C10H9BrN2OS/c1-13-5-7(9-12-2-3-14-9)6-4-8(11)15-10(6)13/h2-4,7H,5H2,1H3. The number of fused-ring (bicyclic) bond motifs is 1. The van der Waals surface area contributed by atoms with Crippen LogP contribution in [0.4, 0.5) is 5.00 Å². The van der Waals surface area contributed by atoms with Crippen LogP contribution in [-0.2, 0) is 0 Å². The Hall–Kier alpha value is -0.810. The van der Waals surface area contributed by atoms with Gasteiger partial charge in [-0.3, -0.25) is 0 Å². The lowest BCUT2D eigenvalue weighted by atomic mass is 10.1. The van der Waals surface area contributed by atoms with E-state index in [0.717, 1.165) is 16.2 Å². The summed E-state index contributed by atoms with van der Waals surface area (Å²) in [5, 5.41) is 1.31. The number of anilines is 1. The molecule has 2 aromatic rings. The van der Waals surface area contributed by atoms with Gasteiger partial charge in [0.2, 0.25) is 5.89 Å². The van der Waals surface area contributed by atoms with Crippen molar-refractivity contribution < 1.29 is 4.42 Å². The van der Waals surface area contributed by atoms with Crippen LogP contribution in [0.5, 0.6) is 0 Å². The van der Waals surface area contributed by atoms with Crippen molar-refractivity contribution in [3.63, 3.8) is 0 Å². The predicted octanol–water partition coefficient (Wildman–Crippen LogP) is 3.08. The van der Waals surface area contributed by atoms with Crippen molar-refractivity contribution in [3.8, 4) is 0 Å². The molecule has 1 unspecified atom stereocenters. The van der Waals surface area contributed by atoms with E-state index >= 15 is 0 Å².